The van der Waals surface area contributed by atoms with Gasteiger partial charge in [0, 0.05) is 30.1 Å². The molecule has 21 heavy (non-hydrogen) atoms. The summed E-state index contributed by atoms with van der Waals surface area (Å²) in [7, 11) is 0. The van der Waals surface area contributed by atoms with Crippen LogP contribution in [-0.4, -0.2) is 35.0 Å². The lowest BCUT2D eigenvalue weighted by Crippen LogP contribution is -2.39. The number of nitrogens with zero attached hydrogens (tertiary/aromatic N) is 1. The van der Waals surface area contributed by atoms with Crippen LogP contribution in [0.2, 0.25) is 0 Å². The first-order valence-corrected chi connectivity index (χ1v) is 7.78. The van der Waals surface area contributed by atoms with Crippen molar-refractivity contribution in [3.63, 3.8) is 0 Å². The molecule has 1 heterocycles. The Morgan fingerprint density at radius 2 is 2.24 bits per heavy atom. The molecular weight excluding hydrogens is 334 g/mol. The summed E-state index contributed by atoms with van der Waals surface area (Å²) in [5.74, 6) is -0.775. The van der Waals surface area contributed by atoms with E-state index in [1.54, 1.807) is 17.1 Å². The lowest BCUT2D eigenvalue weighted by atomic mass is 9.95. The molecule has 4 nitrogen and oxygen atoms in total. The van der Waals surface area contributed by atoms with E-state index in [0.717, 1.165) is 22.9 Å². The fourth-order valence-corrected chi connectivity index (χ4v) is 2.98. The van der Waals surface area contributed by atoms with Gasteiger partial charge in [-0.15, -0.1) is 0 Å². The van der Waals surface area contributed by atoms with Crippen LogP contribution in [0.15, 0.2) is 34.8 Å². The number of benzene rings is 1. The van der Waals surface area contributed by atoms with Crippen LogP contribution in [0.1, 0.15) is 24.8 Å². The van der Waals surface area contributed by atoms with E-state index in [9.17, 15) is 9.59 Å². The van der Waals surface area contributed by atoms with Crippen LogP contribution in [-0.2, 0) is 9.59 Å². The molecule has 0 radical (unpaired) electrons. The van der Waals surface area contributed by atoms with Crippen molar-refractivity contribution in [2.45, 2.75) is 19.3 Å². The summed E-state index contributed by atoms with van der Waals surface area (Å²) in [6, 6.07) is 7.71. The van der Waals surface area contributed by atoms with Crippen molar-refractivity contribution in [2.75, 3.05) is 13.1 Å². The lowest BCUT2D eigenvalue weighted by Gasteiger charge is -2.31. The molecule has 2 rings (SSSR count). The molecule has 0 bridgehead atoms. The average molecular weight is 352 g/mol. The standard InChI is InChI=1S/C16H18BrNO3/c17-14-5-1-3-12(9-14)6-7-15(19)18-8-2-4-13(11-18)10-16(20)21/h1,3,5-7,9,13H,2,4,8,10-11H2,(H,20,21). The third-order valence-electron chi connectivity index (χ3n) is 3.56. The monoisotopic (exact) mass is 351 g/mol. The highest BCUT2D eigenvalue weighted by Crippen LogP contribution is 2.20. The maximum Gasteiger partial charge on any atom is 0.303 e. The molecule has 0 spiro atoms. The van der Waals surface area contributed by atoms with Crippen molar-refractivity contribution in [3.8, 4) is 0 Å². The number of carboxylic acid groups (broad SMARTS) is 1. The van der Waals surface area contributed by atoms with Crippen molar-refractivity contribution < 1.29 is 14.7 Å². The van der Waals surface area contributed by atoms with Crippen LogP contribution in [0.3, 0.4) is 0 Å². The van der Waals surface area contributed by atoms with Crippen molar-refractivity contribution in [3.05, 3.63) is 40.4 Å². The van der Waals surface area contributed by atoms with E-state index in [2.05, 4.69) is 15.9 Å². The number of carbonyl (C=O) groups excluding carboxylic acids is 1. The Labute approximate surface area is 132 Å². The van der Waals surface area contributed by atoms with Crippen LogP contribution in [0.5, 0.6) is 0 Å². The van der Waals surface area contributed by atoms with Gasteiger partial charge in [-0.2, -0.15) is 0 Å². The van der Waals surface area contributed by atoms with Gasteiger partial charge in [0.25, 0.3) is 0 Å². The van der Waals surface area contributed by atoms with Crippen LogP contribution in [0, 0.1) is 5.92 Å². The Hall–Kier alpha value is -1.62. The van der Waals surface area contributed by atoms with Crippen LogP contribution in [0.4, 0.5) is 0 Å². The minimum absolute atomic E-state index is 0.0509. The molecule has 1 fully saturated rings. The molecule has 112 valence electrons. The zero-order valence-electron chi connectivity index (χ0n) is 11.7. The van der Waals surface area contributed by atoms with Gasteiger partial charge in [0.1, 0.15) is 0 Å². The zero-order valence-corrected chi connectivity index (χ0v) is 13.3. The van der Waals surface area contributed by atoms with Gasteiger partial charge in [-0.1, -0.05) is 28.1 Å². The smallest absolute Gasteiger partial charge is 0.303 e. The Balaban J connectivity index is 1.94. The Morgan fingerprint density at radius 3 is 2.95 bits per heavy atom. The van der Waals surface area contributed by atoms with Gasteiger partial charge in [-0.05, 0) is 42.5 Å². The molecule has 0 saturated carbocycles. The lowest BCUT2D eigenvalue weighted by molar-refractivity contribution is -0.139. The van der Waals surface area contributed by atoms with E-state index < -0.39 is 5.97 Å². The maximum absolute atomic E-state index is 12.2. The summed E-state index contributed by atoms with van der Waals surface area (Å²) >= 11 is 3.39. The molecule has 5 heteroatoms. The van der Waals surface area contributed by atoms with Gasteiger partial charge < -0.3 is 10.0 Å². The number of carbonyl (C=O) groups is 2. The number of likely N-dealkylation sites (tertiary alicyclic amines) is 1. The van der Waals surface area contributed by atoms with Gasteiger partial charge in [-0.25, -0.2) is 0 Å². The molecule has 1 aliphatic rings. The molecular formula is C16H18BrNO3. The average Bonchev–Trinajstić information content (AvgIpc) is 2.44. The molecule has 1 aromatic carbocycles. The summed E-state index contributed by atoms with van der Waals surface area (Å²) in [6.07, 6.45) is 5.23. The minimum atomic E-state index is -0.793. The van der Waals surface area contributed by atoms with Crippen molar-refractivity contribution in [1.29, 1.82) is 0 Å². The Bertz CT molecular complexity index is 556. The fraction of sp³-hybridized carbons (Fsp3) is 0.375. The molecule has 1 aliphatic heterocycles. The van der Waals surface area contributed by atoms with E-state index in [4.69, 9.17) is 5.11 Å². The molecule has 1 unspecified atom stereocenters. The van der Waals surface area contributed by atoms with Gasteiger partial charge >= 0.3 is 5.97 Å². The van der Waals surface area contributed by atoms with Crippen LogP contribution >= 0.6 is 15.9 Å². The van der Waals surface area contributed by atoms with E-state index >= 15 is 0 Å². The molecule has 1 saturated heterocycles. The zero-order chi connectivity index (χ0) is 15.2. The second-order valence-corrected chi connectivity index (χ2v) is 6.19. The number of hydrogen-bond donors (Lipinski definition) is 1. The highest BCUT2D eigenvalue weighted by atomic mass is 79.9. The number of piperidine rings is 1. The fourth-order valence-electron chi connectivity index (χ4n) is 2.56. The van der Waals surface area contributed by atoms with E-state index in [-0.39, 0.29) is 18.2 Å². The summed E-state index contributed by atoms with van der Waals surface area (Å²) in [6.45, 7) is 1.24. The number of carboxylic acids is 1. The van der Waals surface area contributed by atoms with Crippen molar-refractivity contribution in [1.82, 2.24) is 4.90 Å². The Morgan fingerprint density at radius 1 is 1.43 bits per heavy atom. The summed E-state index contributed by atoms with van der Waals surface area (Å²) in [4.78, 5) is 24.7. The summed E-state index contributed by atoms with van der Waals surface area (Å²) < 4.78 is 0.969. The third-order valence-corrected chi connectivity index (χ3v) is 4.05. The van der Waals surface area contributed by atoms with E-state index in [0.29, 0.717) is 13.1 Å². The third kappa shape index (κ3) is 5.01. The van der Waals surface area contributed by atoms with Crippen molar-refractivity contribution >= 4 is 33.9 Å². The molecule has 0 aliphatic carbocycles. The summed E-state index contributed by atoms with van der Waals surface area (Å²) in [5.41, 5.74) is 0.955. The predicted molar refractivity (Wildman–Crippen MR) is 84.7 cm³/mol. The number of halogens is 1. The van der Waals surface area contributed by atoms with Gasteiger partial charge in [0.2, 0.25) is 5.91 Å². The van der Waals surface area contributed by atoms with Gasteiger partial charge in [0.05, 0.1) is 0 Å². The number of hydrogen-bond acceptors (Lipinski definition) is 2. The van der Waals surface area contributed by atoms with Crippen LogP contribution in [0.25, 0.3) is 6.08 Å². The highest BCUT2D eigenvalue weighted by Gasteiger charge is 2.23. The number of amides is 1. The van der Waals surface area contributed by atoms with Gasteiger partial charge in [-0.3, -0.25) is 9.59 Å². The number of aliphatic carboxylic acids is 1. The maximum atomic E-state index is 12.2. The van der Waals surface area contributed by atoms with E-state index in [1.165, 1.54) is 0 Å². The van der Waals surface area contributed by atoms with Crippen LogP contribution < -0.4 is 0 Å². The molecule has 0 aromatic heterocycles. The first-order chi connectivity index (χ1) is 10.0. The predicted octanol–water partition coefficient (Wildman–Crippen LogP) is 3.18. The van der Waals surface area contributed by atoms with E-state index in [1.807, 2.05) is 24.3 Å². The first kappa shape index (κ1) is 15.8. The van der Waals surface area contributed by atoms with Gasteiger partial charge in [0.15, 0.2) is 0 Å². The molecule has 1 aromatic rings. The van der Waals surface area contributed by atoms with Crippen molar-refractivity contribution in [2.24, 2.45) is 5.92 Å². The first-order valence-electron chi connectivity index (χ1n) is 6.99. The molecule has 1 atom stereocenters. The second kappa shape index (κ2) is 7.41. The topological polar surface area (TPSA) is 57.6 Å². The second-order valence-electron chi connectivity index (χ2n) is 5.28. The highest BCUT2D eigenvalue weighted by molar-refractivity contribution is 9.10. The number of rotatable bonds is 4. The normalized spacial score (nSPS) is 18.9. The quantitative estimate of drug-likeness (QED) is 0.847. The largest absolute Gasteiger partial charge is 0.481 e. The minimum Gasteiger partial charge on any atom is -0.481 e. The summed E-state index contributed by atoms with van der Waals surface area (Å²) in [5, 5.41) is 8.85. The Kier molecular flexibility index (Phi) is 5.56. The SMILES string of the molecule is O=C(O)CC1CCCN(C(=O)C=Cc2cccc(Br)c2)C1. The molecule has 1 N–H and O–H groups in total. The molecule has 1 amide bonds.